The number of aliphatic hydroxyl groups excluding tert-OH is 2. The van der Waals surface area contributed by atoms with Gasteiger partial charge in [-0.3, -0.25) is 9.59 Å². The maximum atomic E-state index is 12.5. The summed E-state index contributed by atoms with van der Waals surface area (Å²) in [4.78, 5) is 24.6. The maximum absolute atomic E-state index is 12.5. The lowest BCUT2D eigenvalue weighted by Gasteiger charge is -2.22. The predicted molar refractivity (Wildman–Crippen MR) is 338 cm³/mol. The maximum Gasteiger partial charge on any atom is 0.305 e. The molecule has 0 rings (SSSR count). The van der Waals surface area contributed by atoms with Crippen LogP contribution in [-0.2, 0) is 14.3 Å². The fourth-order valence-corrected chi connectivity index (χ4v) is 11.1. The SMILES string of the molecule is CCCCCCCCCCCCCCCCCCCCCC(O)C(CO)NC(=O)CCCCCCCCCCC/C=C\C/C=C\CCCCCCCCCCCOC(=O)CCCCCCCCCCCCCCCCCC. The van der Waals surface area contributed by atoms with E-state index in [1.54, 1.807) is 0 Å². The number of esters is 1. The van der Waals surface area contributed by atoms with Crippen molar-refractivity contribution in [3.8, 4) is 0 Å². The summed E-state index contributed by atoms with van der Waals surface area (Å²) in [5.41, 5.74) is 0. The fourth-order valence-electron chi connectivity index (χ4n) is 11.1. The van der Waals surface area contributed by atoms with Crippen LogP contribution in [-0.4, -0.2) is 47.4 Å². The average Bonchev–Trinajstić information content (AvgIpc) is 3.43. The van der Waals surface area contributed by atoms with Gasteiger partial charge in [-0.2, -0.15) is 0 Å². The minimum atomic E-state index is -0.669. The van der Waals surface area contributed by atoms with E-state index in [9.17, 15) is 19.8 Å². The molecule has 6 heteroatoms. The van der Waals surface area contributed by atoms with E-state index in [1.165, 1.54) is 315 Å². The molecule has 77 heavy (non-hydrogen) atoms. The van der Waals surface area contributed by atoms with Gasteiger partial charge in [-0.05, 0) is 57.8 Å². The van der Waals surface area contributed by atoms with Crippen molar-refractivity contribution in [2.24, 2.45) is 0 Å². The van der Waals surface area contributed by atoms with Crippen LogP contribution in [0.2, 0.25) is 0 Å². The Morgan fingerprint density at radius 1 is 0.364 bits per heavy atom. The third-order valence-electron chi connectivity index (χ3n) is 16.5. The smallest absolute Gasteiger partial charge is 0.305 e. The summed E-state index contributed by atoms with van der Waals surface area (Å²) < 4.78 is 5.50. The molecule has 2 unspecified atom stereocenters. The molecular weight excluding hydrogens is 947 g/mol. The predicted octanol–water partition coefficient (Wildman–Crippen LogP) is 22.5. The van der Waals surface area contributed by atoms with Crippen LogP contribution in [0.5, 0.6) is 0 Å². The monoisotopic (exact) mass is 1080 g/mol. The number of hydrogen-bond donors (Lipinski definition) is 3. The second-order valence-corrected chi connectivity index (χ2v) is 24.2. The minimum Gasteiger partial charge on any atom is -0.466 e. The molecule has 0 radical (unpaired) electrons. The highest BCUT2D eigenvalue weighted by Crippen LogP contribution is 2.19. The van der Waals surface area contributed by atoms with Crippen molar-refractivity contribution in [1.29, 1.82) is 0 Å². The molecule has 0 heterocycles. The lowest BCUT2D eigenvalue weighted by Crippen LogP contribution is -2.45. The second kappa shape index (κ2) is 66.8. The van der Waals surface area contributed by atoms with E-state index in [-0.39, 0.29) is 18.5 Å². The van der Waals surface area contributed by atoms with Gasteiger partial charge in [0, 0.05) is 12.8 Å². The van der Waals surface area contributed by atoms with E-state index in [0.29, 0.717) is 25.9 Å². The number of hydrogen-bond acceptors (Lipinski definition) is 5. The Morgan fingerprint density at radius 2 is 0.649 bits per heavy atom. The van der Waals surface area contributed by atoms with Crippen LogP contribution in [0.3, 0.4) is 0 Å². The molecule has 1 amide bonds. The zero-order chi connectivity index (χ0) is 55.7. The molecule has 0 fully saturated rings. The summed E-state index contributed by atoms with van der Waals surface area (Å²) in [6, 6.07) is -0.547. The average molecular weight is 1080 g/mol. The minimum absolute atomic E-state index is 0.0133. The van der Waals surface area contributed by atoms with Crippen molar-refractivity contribution in [3.63, 3.8) is 0 Å². The first-order valence-corrected chi connectivity index (χ1v) is 35.1. The Kier molecular flexibility index (Phi) is 65.4. The van der Waals surface area contributed by atoms with Crippen LogP contribution in [0.4, 0.5) is 0 Å². The van der Waals surface area contributed by atoms with Gasteiger partial charge in [0.1, 0.15) is 0 Å². The summed E-state index contributed by atoms with van der Waals surface area (Å²) >= 11 is 0. The lowest BCUT2D eigenvalue weighted by molar-refractivity contribution is -0.143. The Balaban J connectivity index is 3.42. The molecule has 0 aromatic rings. The molecule has 6 nitrogen and oxygen atoms in total. The zero-order valence-corrected chi connectivity index (χ0v) is 52.2. The third-order valence-corrected chi connectivity index (χ3v) is 16.5. The highest BCUT2D eigenvalue weighted by atomic mass is 16.5. The summed E-state index contributed by atoms with van der Waals surface area (Å²) in [5.74, 6) is -0.0240. The Bertz CT molecular complexity index is 1200. The largest absolute Gasteiger partial charge is 0.466 e. The van der Waals surface area contributed by atoms with Gasteiger partial charge in [0.25, 0.3) is 0 Å². The van der Waals surface area contributed by atoms with Crippen molar-refractivity contribution in [1.82, 2.24) is 5.32 Å². The first-order chi connectivity index (χ1) is 38.0. The van der Waals surface area contributed by atoms with Gasteiger partial charge in [-0.1, -0.05) is 346 Å². The van der Waals surface area contributed by atoms with E-state index in [0.717, 1.165) is 44.9 Å². The van der Waals surface area contributed by atoms with E-state index in [2.05, 4.69) is 43.5 Å². The van der Waals surface area contributed by atoms with Gasteiger partial charge in [0.2, 0.25) is 5.91 Å². The number of carbonyl (C=O) groups is 2. The number of aliphatic hydroxyl groups is 2. The van der Waals surface area contributed by atoms with Gasteiger partial charge in [0.15, 0.2) is 0 Å². The number of ether oxygens (including phenoxy) is 1. The fraction of sp³-hybridized carbons (Fsp3) is 0.915. The second-order valence-electron chi connectivity index (χ2n) is 24.2. The molecule has 0 saturated heterocycles. The first-order valence-electron chi connectivity index (χ1n) is 35.1. The standard InChI is InChI=1S/C71H137NO5/c1-3-5-7-9-11-13-15-17-19-21-29-32-35-39-43-47-51-55-59-63-69(74)68(67-73)72-70(75)64-60-56-52-48-44-40-36-33-30-27-25-23-22-24-26-28-31-34-38-42-46-50-54-58-62-66-77-71(76)65-61-57-53-49-45-41-37-20-18-16-14-12-10-8-6-4-2/h23-26,68-69,73-74H,3-22,27-67H2,1-2H3,(H,72,75)/b25-23-,26-24-. The molecule has 0 aliphatic heterocycles. The molecule has 2 atom stereocenters. The number of carbonyl (C=O) groups excluding carboxylic acids is 2. The summed E-state index contributed by atoms with van der Waals surface area (Å²) in [6.07, 6.45) is 83.6. The molecule has 0 saturated carbocycles. The lowest BCUT2D eigenvalue weighted by atomic mass is 10.0. The molecule has 0 aromatic carbocycles. The van der Waals surface area contributed by atoms with Crippen molar-refractivity contribution in [3.05, 3.63) is 24.3 Å². The van der Waals surface area contributed by atoms with Crippen molar-refractivity contribution < 1.29 is 24.5 Å². The van der Waals surface area contributed by atoms with Crippen LogP contribution < -0.4 is 5.32 Å². The summed E-state index contributed by atoms with van der Waals surface area (Å²) in [7, 11) is 0. The topological polar surface area (TPSA) is 95.9 Å². The zero-order valence-electron chi connectivity index (χ0n) is 52.2. The van der Waals surface area contributed by atoms with Crippen LogP contribution in [0.25, 0.3) is 0 Å². The number of unbranched alkanes of at least 4 members (excludes halogenated alkanes) is 51. The number of allylic oxidation sites excluding steroid dienone is 4. The highest BCUT2D eigenvalue weighted by molar-refractivity contribution is 5.76. The Hall–Kier alpha value is -1.66. The number of nitrogens with one attached hydrogen (secondary N) is 1. The van der Waals surface area contributed by atoms with Crippen LogP contribution >= 0.6 is 0 Å². The van der Waals surface area contributed by atoms with Gasteiger partial charge in [0.05, 0.1) is 25.4 Å². The van der Waals surface area contributed by atoms with Gasteiger partial charge in [-0.25, -0.2) is 0 Å². The number of rotatable bonds is 66. The Morgan fingerprint density at radius 3 is 0.987 bits per heavy atom. The Labute approximate surface area is 481 Å². The van der Waals surface area contributed by atoms with E-state index in [4.69, 9.17) is 4.74 Å². The van der Waals surface area contributed by atoms with Crippen molar-refractivity contribution in [2.75, 3.05) is 13.2 Å². The molecule has 3 N–H and O–H groups in total. The molecule has 0 spiro atoms. The van der Waals surface area contributed by atoms with Crippen LogP contribution in [0.15, 0.2) is 24.3 Å². The van der Waals surface area contributed by atoms with Crippen molar-refractivity contribution >= 4 is 11.9 Å². The van der Waals surface area contributed by atoms with Gasteiger partial charge in [-0.15, -0.1) is 0 Å². The molecule has 0 aliphatic carbocycles. The van der Waals surface area contributed by atoms with E-state index in [1.807, 2.05) is 0 Å². The van der Waals surface area contributed by atoms with Crippen LogP contribution in [0, 0.1) is 0 Å². The number of amides is 1. The summed E-state index contributed by atoms with van der Waals surface area (Å²) in [5, 5.41) is 23.4. The molecule has 0 aromatic heterocycles. The third kappa shape index (κ3) is 63.4. The molecule has 0 aliphatic rings. The van der Waals surface area contributed by atoms with Crippen LogP contribution in [0.1, 0.15) is 393 Å². The quantitative estimate of drug-likeness (QED) is 0.0320. The summed E-state index contributed by atoms with van der Waals surface area (Å²) in [6.45, 7) is 4.99. The molecule has 0 bridgehead atoms. The van der Waals surface area contributed by atoms with Gasteiger partial charge < -0.3 is 20.3 Å². The highest BCUT2D eigenvalue weighted by Gasteiger charge is 2.20. The van der Waals surface area contributed by atoms with E-state index < -0.39 is 12.1 Å². The van der Waals surface area contributed by atoms with Gasteiger partial charge >= 0.3 is 5.97 Å². The molecular formula is C71H137NO5. The normalized spacial score (nSPS) is 12.6. The molecule has 456 valence electrons. The van der Waals surface area contributed by atoms with E-state index >= 15 is 0 Å². The first kappa shape index (κ1) is 75.3. The van der Waals surface area contributed by atoms with Crippen molar-refractivity contribution in [2.45, 2.75) is 405 Å².